The fourth-order valence-corrected chi connectivity index (χ4v) is 1.67. The van der Waals surface area contributed by atoms with Gasteiger partial charge >= 0.3 is 0 Å². The van der Waals surface area contributed by atoms with Gasteiger partial charge in [0.15, 0.2) is 5.96 Å². The number of nitrogens with one attached hydrogen (secondary N) is 2. The van der Waals surface area contributed by atoms with Gasteiger partial charge in [0, 0.05) is 25.0 Å². The molecular weight excluding hydrogens is 240 g/mol. The van der Waals surface area contributed by atoms with Crippen molar-refractivity contribution in [1.82, 2.24) is 25.4 Å². The molecule has 1 rings (SSSR count). The molecule has 0 fully saturated rings. The number of hydrogen-bond donors (Lipinski definition) is 2. The molecule has 1 aromatic heterocycles. The van der Waals surface area contributed by atoms with Crippen molar-refractivity contribution in [2.45, 2.75) is 53.1 Å². The van der Waals surface area contributed by atoms with Gasteiger partial charge in [-0.3, -0.25) is 4.99 Å². The molecule has 6 nitrogen and oxygen atoms in total. The standard InChI is InChI=1S/C13H26N6/c1-6-11-18-16-10-19(11)9-8-15-12(14-7-2)17-13(3,4)5/h10H,6-9H2,1-5H3,(H2,14,15,17). The lowest BCUT2D eigenvalue weighted by Gasteiger charge is -2.23. The number of nitrogens with zero attached hydrogens (tertiary/aromatic N) is 4. The largest absolute Gasteiger partial charge is 0.357 e. The summed E-state index contributed by atoms with van der Waals surface area (Å²) >= 11 is 0. The minimum atomic E-state index is 0.00609. The molecule has 19 heavy (non-hydrogen) atoms. The molecule has 0 aromatic carbocycles. The Balaban J connectivity index is 2.56. The molecule has 0 aliphatic heterocycles. The predicted molar refractivity (Wildman–Crippen MR) is 78.3 cm³/mol. The molecule has 0 atom stereocenters. The summed E-state index contributed by atoms with van der Waals surface area (Å²) in [6.45, 7) is 12.9. The highest BCUT2D eigenvalue weighted by Crippen LogP contribution is 1.99. The van der Waals surface area contributed by atoms with E-state index in [1.807, 2.05) is 4.57 Å². The van der Waals surface area contributed by atoms with Gasteiger partial charge in [0.1, 0.15) is 12.2 Å². The first-order valence-electron chi connectivity index (χ1n) is 6.89. The molecule has 108 valence electrons. The molecule has 0 bridgehead atoms. The third kappa shape index (κ3) is 5.72. The number of hydrogen-bond acceptors (Lipinski definition) is 3. The minimum absolute atomic E-state index is 0.00609. The molecule has 0 unspecified atom stereocenters. The van der Waals surface area contributed by atoms with Gasteiger partial charge in [0.2, 0.25) is 0 Å². The number of rotatable bonds is 5. The monoisotopic (exact) mass is 266 g/mol. The normalized spacial score (nSPS) is 12.6. The lowest BCUT2D eigenvalue weighted by atomic mass is 10.1. The van der Waals surface area contributed by atoms with Crippen LogP contribution in [0.25, 0.3) is 0 Å². The van der Waals surface area contributed by atoms with Crippen molar-refractivity contribution in [3.63, 3.8) is 0 Å². The fraction of sp³-hybridized carbons (Fsp3) is 0.769. The van der Waals surface area contributed by atoms with Gasteiger partial charge in [0.05, 0.1) is 6.54 Å². The molecule has 0 aliphatic carbocycles. The average molecular weight is 266 g/mol. The van der Waals surface area contributed by atoms with Crippen molar-refractivity contribution in [1.29, 1.82) is 0 Å². The number of guanidine groups is 1. The molecule has 1 heterocycles. The average Bonchev–Trinajstić information content (AvgIpc) is 2.74. The van der Waals surface area contributed by atoms with Crippen molar-refractivity contribution in [3.05, 3.63) is 12.2 Å². The second-order valence-electron chi connectivity index (χ2n) is 5.43. The summed E-state index contributed by atoms with van der Waals surface area (Å²) in [7, 11) is 0. The third-order valence-electron chi connectivity index (χ3n) is 2.46. The van der Waals surface area contributed by atoms with Gasteiger partial charge in [-0.2, -0.15) is 0 Å². The minimum Gasteiger partial charge on any atom is -0.357 e. The van der Waals surface area contributed by atoms with Crippen LogP contribution in [0.1, 0.15) is 40.4 Å². The molecule has 6 heteroatoms. The second kappa shape index (κ2) is 7.11. The van der Waals surface area contributed by atoms with Gasteiger partial charge in [-0.05, 0) is 27.7 Å². The van der Waals surface area contributed by atoms with E-state index >= 15 is 0 Å². The smallest absolute Gasteiger partial charge is 0.191 e. The first kappa shape index (κ1) is 15.5. The molecule has 0 saturated heterocycles. The topological polar surface area (TPSA) is 67.1 Å². The fourth-order valence-electron chi connectivity index (χ4n) is 1.67. The van der Waals surface area contributed by atoms with Gasteiger partial charge in [-0.25, -0.2) is 0 Å². The maximum atomic E-state index is 4.57. The highest BCUT2D eigenvalue weighted by atomic mass is 15.3. The van der Waals surface area contributed by atoms with Gasteiger partial charge in [0.25, 0.3) is 0 Å². The molecule has 0 aliphatic rings. The molecule has 0 spiro atoms. The van der Waals surface area contributed by atoms with Crippen LogP contribution in [0.15, 0.2) is 11.3 Å². The Morgan fingerprint density at radius 3 is 2.68 bits per heavy atom. The Kier molecular flexibility index (Phi) is 5.79. The maximum Gasteiger partial charge on any atom is 0.191 e. The summed E-state index contributed by atoms with van der Waals surface area (Å²) in [6, 6.07) is 0. The quantitative estimate of drug-likeness (QED) is 0.620. The maximum absolute atomic E-state index is 4.57. The first-order valence-corrected chi connectivity index (χ1v) is 6.89. The Morgan fingerprint density at radius 1 is 1.37 bits per heavy atom. The first-order chi connectivity index (χ1) is 8.96. The van der Waals surface area contributed by atoms with Crippen molar-refractivity contribution < 1.29 is 0 Å². The van der Waals surface area contributed by atoms with Crippen LogP contribution in [-0.4, -0.2) is 39.4 Å². The third-order valence-corrected chi connectivity index (χ3v) is 2.46. The van der Waals surface area contributed by atoms with E-state index in [1.165, 1.54) is 0 Å². The summed E-state index contributed by atoms with van der Waals surface area (Å²) in [4.78, 5) is 4.57. The molecule has 1 aromatic rings. The van der Waals surface area contributed by atoms with E-state index in [2.05, 4.69) is 60.4 Å². The van der Waals surface area contributed by atoms with E-state index in [9.17, 15) is 0 Å². The Morgan fingerprint density at radius 2 is 2.11 bits per heavy atom. The number of aromatic nitrogens is 3. The second-order valence-corrected chi connectivity index (χ2v) is 5.43. The lowest BCUT2D eigenvalue weighted by molar-refractivity contribution is 0.500. The number of aryl methyl sites for hydroxylation is 1. The highest BCUT2D eigenvalue weighted by molar-refractivity contribution is 5.80. The molecule has 0 radical (unpaired) electrons. The highest BCUT2D eigenvalue weighted by Gasteiger charge is 2.11. The molecule has 0 saturated carbocycles. The van der Waals surface area contributed by atoms with Crippen LogP contribution in [-0.2, 0) is 13.0 Å². The Bertz CT molecular complexity index is 402. The van der Waals surface area contributed by atoms with E-state index in [-0.39, 0.29) is 5.54 Å². The summed E-state index contributed by atoms with van der Waals surface area (Å²) in [5, 5.41) is 14.6. The SMILES string of the molecule is CCNC(=NCCn1cnnc1CC)NC(C)(C)C. The van der Waals surface area contributed by atoms with Crippen LogP contribution in [0.3, 0.4) is 0 Å². The van der Waals surface area contributed by atoms with Crippen molar-refractivity contribution in [3.8, 4) is 0 Å². The zero-order valence-corrected chi connectivity index (χ0v) is 12.7. The van der Waals surface area contributed by atoms with Crippen LogP contribution < -0.4 is 10.6 Å². The summed E-state index contributed by atoms with van der Waals surface area (Å²) in [5.74, 6) is 1.85. The number of aliphatic imine (C=N–C) groups is 1. The zero-order valence-electron chi connectivity index (χ0n) is 12.7. The zero-order chi connectivity index (χ0) is 14.3. The van der Waals surface area contributed by atoms with E-state index in [0.717, 1.165) is 31.3 Å². The summed E-state index contributed by atoms with van der Waals surface area (Å²) in [6.07, 6.45) is 2.66. The van der Waals surface area contributed by atoms with Crippen molar-refractivity contribution in [2.75, 3.05) is 13.1 Å². The Hall–Kier alpha value is -1.59. The van der Waals surface area contributed by atoms with Crippen LogP contribution in [0.5, 0.6) is 0 Å². The van der Waals surface area contributed by atoms with E-state index in [0.29, 0.717) is 6.54 Å². The van der Waals surface area contributed by atoms with Gasteiger partial charge in [-0.1, -0.05) is 6.92 Å². The van der Waals surface area contributed by atoms with E-state index in [4.69, 9.17) is 0 Å². The summed E-state index contributed by atoms with van der Waals surface area (Å²) in [5.41, 5.74) is 0.00609. The molecule has 2 N–H and O–H groups in total. The Labute approximate surface area is 115 Å². The van der Waals surface area contributed by atoms with Gasteiger partial charge in [-0.15, -0.1) is 10.2 Å². The van der Waals surface area contributed by atoms with Crippen LogP contribution in [0, 0.1) is 0 Å². The molecule has 0 amide bonds. The van der Waals surface area contributed by atoms with Crippen molar-refractivity contribution in [2.24, 2.45) is 4.99 Å². The lowest BCUT2D eigenvalue weighted by Crippen LogP contribution is -2.47. The van der Waals surface area contributed by atoms with Crippen LogP contribution in [0.4, 0.5) is 0 Å². The van der Waals surface area contributed by atoms with Crippen molar-refractivity contribution >= 4 is 5.96 Å². The van der Waals surface area contributed by atoms with Gasteiger partial charge < -0.3 is 15.2 Å². The predicted octanol–water partition coefficient (Wildman–Crippen LogP) is 1.19. The van der Waals surface area contributed by atoms with E-state index in [1.54, 1.807) is 6.33 Å². The van der Waals surface area contributed by atoms with Crippen LogP contribution in [0.2, 0.25) is 0 Å². The molecular formula is C13H26N6. The van der Waals surface area contributed by atoms with Crippen LogP contribution >= 0.6 is 0 Å². The van der Waals surface area contributed by atoms with E-state index < -0.39 is 0 Å². The summed E-state index contributed by atoms with van der Waals surface area (Å²) < 4.78 is 2.05.